The average molecular weight is 516 g/mol. The summed E-state index contributed by atoms with van der Waals surface area (Å²) < 4.78 is 10.8. The van der Waals surface area contributed by atoms with Crippen LogP contribution in [0.2, 0.25) is 4.34 Å². The molecule has 3 N–H and O–H groups in total. The smallest absolute Gasteiger partial charge is 0.341 e. The number of carbonyl (C=O) groups excluding carboxylic acids is 3. The molecule has 0 saturated carbocycles. The number of methoxy groups -OCH3 is 1. The highest BCUT2D eigenvalue weighted by atomic mass is 35.5. The van der Waals surface area contributed by atoms with E-state index in [1.807, 2.05) is 30.3 Å². The molecule has 3 rings (SSSR count). The third-order valence-corrected chi connectivity index (χ3v) is 6.37. The number of anilines is 2. The van der Waals surface area contributed by atoms with Crippen molar-refractivity contribution in [3.63, 3.8) is 0 Å². The molecule has 0 aliphatic carbocycles. The lowest BCUT2D eigenvalue weighted by molar-refractivity contribution is -0.118. The molecule has 0 fully saturated rings. The van der Waals surface area contributed by atoms with Gasteiger partial charge in [0, 0.05) is 24.2 Å². The number of ether oxygens (including phenoxy) is 2. The van der Waals surface area contributed by atoms with Crippen LogP contribution in [-0.4, -0.2) is 44.6 Å². The molecule has 10 heteroatoms. The van der Waals surface area contributed by atoms with Gasteiger partial charge in [-0.2, -0.15) is 0 Å². The number of hydrogen-bond donors (Lipinski definition) is 2. The number of benzene rings is 2. The van der Waals surface area contributed by atoms with Crippen LogP contribution in [0, 0.1) is 0 Å². The zero-order chi connectivity index (χ0) is 25.4. The van der Waals surface area contributed by atoms with Crippen LogP contribution in [0.25, 0.3) is 11.1 Å². The van der Waals surface area contributed by atoms with E-state index in [0.717, 1.165) is 16.9 Å². The molecule has 35 heavy (non-hydrogen) atoms. The summed E-state index contributed by atoms with van der Waals surface area (Å²) >= 11 is 7.60. The van der Waals surface area contributed by atoms with Gasteiger partial charge >= 0.3 is 5.97 Å². The van der Waals surface area contributed by atoms with Gasteiger partial charge < -0.3 is 25.4 Å². The molecule has 0 saturated heterocycles. The van der Waals surface area contributed by atoms with E-state index in [4.69, 9.17) is 26.8 Å². The third-order valence-electron chi connectivity index (χ3n) is 5.06. The first-order valence-electron chi connectivity index (χ1n) is 10.9. The molecule has 1 aromatic heterocycles. The summed E-state index contributed by atoms with van der Waals surface area (Å²) in [6.07, 6.45) is 0.0658. The number of halogens is 1. The molecule has 3 aromatic rings. The van der Waals surface area contributed by atoms with E-state index in [9.17, 15) is 14.4 Å². The van der Waals surface area contributed by atoms with Crippen molar-refractivity contribution < 1.29 is 23.9 Å². The highest BCUT2D eigenvalue weighted by Gasteiger charge is 2.27. The summed E-state index contributed by atoms with van der Waals surface area (Å²) in [5, 5.41) is 3.10. The number of primary amides is 1. The number of amides is 2. The molecule has 184 valence electrons. The number of nitrogens with two attached hydrogens (primary N) is 1. The van der Waals surface area contributed by atoms with E-state index >= 15 is 0 Å². The van der Waals surface area contributed by atoms with Crippen LogP contribution in [0.4, 0.5) is 10.7 Å². The third kappa shape index (κ3) is 6.74. The van der Waals surface area contributed by atoms with Crippen molar-refractivity contribution in [2.75, 3.05) is 37.0 Å². The van der Waals surface area contributed by atoms with E-state index in [1.165, 1.54) is 0 Å². The Labute approximate surface area is 212 Å². The van der Waals surface area contributed by atoms with Crippen molar-refractivity contribution in [3.05, 3.63) is 64.5 Å². The number of nitrogens with one attached hydrogen (secondary N) is 1. The highest BCUT2D eigenvalue weighted by Crippen LogP contribution is 2.44. The van der Waals surface area contributed by atoms with Crippen LogP contribution in [-0.2, 0) is 14.3 Å². The van der Waals surface area contributed by atoms with Crippen molar-refractivity contribution >= 4 is 51.4 Å². The Kier molecular flexibility index (Phi) is 9.11. The highest BCUT2D eigenvalue weighted by molar-refractivity contribution is 7.21. The lowest BCUT2D eigenvalue weighted by Crippen LogP contribution is -2.35. The first kappa shape index (κ1) is 26.1. The summed E-state index contributed by atoms with van der Waals surface area (Å²) in [5.41, 5.74) is 7.48. The summed E-state index contributed by atoms with van der Waals surface area (Å²) in [4.78, 5) is 39.0. The Balaban J connectivity index is 1.89. The molecule has 1 heterocycles. The topological polar surface area (TPSA) is 111 Å². The van der Waals surface area contributed by atoms with E-state index < -0.39 is 17.8 Å². The normalized spacial score (nSPS) is 10.5. The summed E-state index contributed by atoms with van der Waals surface area (Å²) in [5.74, 6) is -0.793. The molecule has 0 aliphatic rings. The first-order chi connectivity index (χ1) is 16.8. The fourth-order valence-corrected chi connectivity index (χ4v) is 4.82. The second-order valence-corrected chi connectivity index (χ2v) is 9.05. The van der Waals surface area contributed by atoms with Crippen LogP contribution in [0.15, 0.2) is 54.6 Å². The first-order valence-corrected chi connectivity index (χ1v) is 12.1. The van der Waals surface area contributed by atoms with Crippen molar-refractivity contribution in [1.82, 2.24) is 0 Å². The van der Waals surface area contributed by atoms with E-state index in [2.05, 4.69) is 5.32 Å². The second-order valence-electron chi connectivity index (χ2n) is 7.43. The molecule has 2 amide bonds. The van der Waals surface area contributed by atoms with Crippen molar-refractivity contribution in [1.29, 1.82) is 0 Å². The second kappa shape index (κ2) is 12.2. The molecule has 0 radical (unpaired) electrons. The van der Waals surface area contributed by atoms with Crippen molar-refractivity contribution in [3.8, 4) is 16.9 Å². The number of rotatable bonds is 11. The predicted molar refractivity (Wildman–Crippen MR) is 138 cm³/mol. The largest absolute Gasteiger partial charge is 0.497 e. The van der Waals surface area contributed by atoms with Crippen LogP contribution in [0.5, 0.6) is 5.75 Å². The molecule has 0 spiro atoms. The summed E-state index contributed by atoms with van der Waals surface area (Å²) in [7, 11) is 1.56. The summed E-state index contributed by atoms with van der Waals surface area (Å²) in [6, 6.07) is 16.3. The molecule has 0 unspecified atom stereocenters. The molecule has 8 nitrogen and oxygen atoms in total. The van der Waals surface area contributed by atoms with E-state index in [1.54, 1.807) is 43.2 Å². The molecule has 2 aromatic carbocycles. The Morgan fingerprint density at radius 2 is 1.77 bits per heavy atom. The van der Waals surface area contributed by atoms with Gasteiger partial charge in [0.05, 0.1) is 20.3 Å². The van der Waals surface area contributed by atoms with Gasteiger partial charge in [-0.3, -0.25) is 9.59 Å². The quantitative estimate of drug-likeness (QED) is 0.362. The van der Waals surface area contributed by atoms with Crippen LogP contribution in [0.1, 0.15) is 23.7 Å². The number of nitrogens with zero attached hydrogens (tertiary/aromatic N) is 1. The number of esters is 1. The monoisotopic (exact) mass is 515 g/mol. The Morgan fingerprint density at radius 3 is 2.37 bits per heavy atom. The SMILES string of the molecule is CCOC(=O)c1c(NC(=O)CN(CCC(N)=O)c2ccc(OC)cc2)sc(Cl)c1-c1ccccc1. The molecule has 0 bridgehead atoms. The lowest BCUT2D eigenvalue weighted by atomic mass is 10.0. The lowest BCUT2D eigenvalue weighted by Gasteiger charge is -2.24. The van der Waals surface area contributed by atoms with Crippen molar-refractivity contribution in [2.24, 2.45) is 5.73 Å². The minimum absolute atomic E-state index is 0.0658. The fourth-order valence-electron chi connectivity index (χ4n) is 3.43. The van der Waals surface area contributed by atoms with E-state index in [0.29, 0.717) is 26.3 Å². The molecular formula is C25H26ClN3O5S. The average Bonchev–Trinajstić information content (AvgIpc) is 3.17. The van der Waals surface area contributed by atoms with Crippen LogP contribution >= 0.6 is 22.9 Å². The zero-order valence-electron chi connectivity index (χ0n) is 19.4. The van der Waals surface area contributed by atoms with Crippen LogP contribution in [0.3, 0.4) is 0 Å². The molecule has 0 atom stereocenters. The van der Waals surface area contributed by atoms with Gasteiger partial charge in [-0.05, 0) is 36.8 Å². The van der Waals surface area contributed by atoms with Crippen LogP contribution < -0.4 is 20.7 Å². The Hall–Kier alpha value is -3.56. The number of hydrogen-bond acceptors (Lipinski definition) is 7. The van der Waals surface area contributed by atoms with Gasteiger partial charge in [0.15, 0.2) is 0 Å². The maximum absolute atomic E-state index is 13.1. The standard InChI is InChI=1S/C25H26ClN3O5S/c1-3-34-25(32)22-21(16-7-5-4-6-8-16)23(26)35-24(22)28-20(31)15-29(14-13-19(27)30)17-9-11-18(33-2)12-10-17/h4-12H,3,13-15H2,1-2H3,(H2,27,30)(H,28,31). The van der Waals surface area contributed by atoms with Gasteiger partial charge in [0.2, 0.25) is 11.8 Å². The Bertz CT molecular complexity index is 1180. The van der Waals surface area contributed by atoms with Gasteiger partial charge in [0.1, 0.15) is 20.7 Å². The Morgan fingerprint density at radius 1 is 1.09 bits per heavy atom. The maximum Gasteiger partial charge on any atom is 0.341 e. The molecule has 0 aliphatic heterocycles. The minimum atomic E-state index is -0.578. The van der Waals surface area contributed by atoms with Gasteiger partial charge in [-0.15, -0.1) is 11.3 Å². The minimum Gasteiger partial charge on any atom is -0.497 e. The zero-order valence-corrected chi connectivity index (χ0v) is 20.9. The maximum atomic E-state index is 13.1. The van der Waals surface area contributed by atoms with Gasteiger partial charge in [0.25, 0.3) is 0 Å². The fraction of sp³-hybridized carbons (Fsp3) is 0.240. The van der Waals surface area contributed by atoms with Crippen molar-refractivity contribution in [2.45, 2.75) is 13.3 Å². The van der Waals surface area contributed by atoms with Gasteiger partial charge in [-0.25, -0.2) is 4.79 Å². The van der Waals surface area contributed by atoms with E-state index in [-0.39, 0.29) is 31.7 Å². The molecular weight excluding hydrogens is 490 g/mol. The number of carbonyl (C=O) groups is 3. The number of thiophene rings is 1. The van der Waals surface area contributed by atoms with Gasteiger partial charge in [-0.1, -0.05) is 41.9 Å². The summed E-state index contributed by atoms with van der Waals surface area (Å²) in [6.45, 7) is 2.03. The predicted octanol–water partition coefficient (Wildman–Crippen LogP) is 4.57.